The monoisotopic (exact) mass is 367 g/mol. The van der Waals surface area contributed by atoms with E-state index in [1.54, 1.807) is 6.07 Å². The van der Waals surface area contributed by atoms with Crippen molar-refractivity contribution in [2.24, 2.45) is 0 Å². The standard InChI is InChI=1S/C21H22FN3O2/c22-17-6-8-18(9-7-17)25-21(27)19-14-16(11-13-23-19)20(26)24-12-10-15-4-2-1-3-5-15/h4,6-9,11,13-14H,1-3,5,10,12H2,(H,24,26)(H,25,27). The first-order valence-electron chi connectivity index (χ1n) is 9.11. The van der Waals surface area contributed by atoms with E-state index in [0.29, 0.717) is 17.8 Å². The highest BCUT2D eigenvalue weighted by atomic mass is 19.1. The fourth-order valence-corrected chi connectivity index (χ4v) is 2.99. The number of pyridine rings is 1. The number of benzene rings is 1. The van der Waals surface area contributed by atoms with Crippen LogP contribution in [0.1, 0.15) is 53.0 Å². The summed E-state index contributed by atoms with van der Waals surface area (Å²) in [6.07, 6.45) is 9.25. The van der Waals surface area contributed by atoms with Gasteiger partial charge >= 0.3 is 0 Å². The van der Waals surface area contributed by atoms with Gasteiger partial charge in [0.05, 0.1) is 0 Å². The minimum atomic E-state index is -0.455. The van der Waals surface area contributed by atoms with Crippen molar-refractivity contribution in [2.45, 2.75) is 32.1 Å². The second-order valence-electron chi connectivity index (χ2n) is 6.50. The summed E-state index contributed by atoms with van der Waals surface area (Å²) in [5, 5.41) is 5.52. The summed E-state index contributed by atoms with van der Waals surface area (Å²) in [6, 6.07) is 8.47. The summed E-state index contributed by atoms with van der Waals surface area (Å²) in [4.78, 5) is 28.6. The van der Waals surface area contributed by atoms with E-state index in [2.05, 4.69) is 21.7 Å². The Morgan fingerprint density at radius 2 is 1.89 bits per heavy atom. The van der Waals surface area contributed by atoms with Crippen LogP contribution in [0.15, 0.2) is 54.2 Å². The van der Waals surface area contributed by atoms with Crippen molar-refractivity contribution in [1.29, 1.82) is 0 Å². The van der Waals surface area contributed by atoms with Crippen molar-refractivity contribution < 1.29 is 14.0 Å². The zero-order valence-corrected chi connectivity index (χ0v) is 15.0. The van der Waals surface area contributed by atoms with Crippen LogP contribution >= 0.6 is 0 Å². The molecule has 140 valence electrons. The highest BCUT2D eigenvalue weighted by molar-refractivity contribution is 6.04. The molecule has 6 heteroatoms. The number of carbonyl (C=O) groups excluding carboxylic acids is 2. The summed E-state index contributed by atoms with van der Waals surface area (Å²) in [5.41, 5.74) is 2.36. The molecule has 1 aliphatic rings. The van der Waals surface area contributed by atoms with Crippen LogP contribution in [0.5, 0.6) is 0 Å². The third-order valence-corrected chi connectivity index (χ3v) is 4.47. The Morgan fingerprint density at radius 1 is 1.07 bits per heavy atom. The van der Waals surface area contributed by atoms with Gasteiger partial charge in [-0.15, -0.1) is 0 Å². The van der Waals surface area contributed by atoms with Gasteiger partial charge < -0.3 is 10.6 Å². The number of aromatic nitrogens is 1. The molecule has 2 N–H and O–H groups in total. The topological polar surface area (TPSA) is 71.1 Å². The maximum absolute atomic E-state index is 12.9. The van der Waals surface area contributed by atoms with Gasteiger partial charge in [-0.25, -0.2) is 4.39 Å². The number of halogens is 1. The molecule has 0 saturated heterocycles. The number of carbonyl (C=O) groups is 2. The Hall–Kier alpha value is -3.02. The second kappa shape index (κ2) is 9.07. The molecular weight excluding hydrogens is 345 g/mol. The quantitative estimate of drug-likeness (QED) is 0.756. The van der Waals surface area contributed by atoms with Crippen molar-refractivity contribution in [1.82, 2.24) is 10.3 Å². The van der Waals surface area contributed by atoms with E-state index in [0.717, 1.165) is 19.3 Å². The number of nitrogens with one attached hydrogen (secondary N) is 2. The van der Waals surface area contributed by atoms with Crippen molar-refractivity contribution in [3.05, 3.63) is 71.3 Å². The molecule has 0 spiro atoms. The first kappa shape index (κ1) is 18.8. The zero-order valence-electron chi connectivity index (χ0n) is 15.0. The van der Waals surface area contributed by atoms with Crippen LogP contribution in [0.4, 0.5) is 10.1 Å². The van der Waals surface area contributed by atoms with Crippen LogP contribution in [0.2, 0.25) is 0 Å². The van der Waals surface area contributed by atoms with Crippen LogP contribution in [-0.4, -0.2) is 23.3 Å². The van der Waals surface area contributed by atoms with E-state index in [-0.39, 0.29) is 17.4 Å². The third kappa shape index (κ3) is 5.48. The molecule has 0 fully saturated rings. The van der Waals surface area contributed by atoms with Gasteiger partial charge in [-0.05, 0) is 68.5 Å². The van der Waals surface area contributed by atoms with Crippen LogP contribution in [0.25, 0.3) is 0 Å². The number of allylic oxidation sites excluding steroid dienone is 1. The summed E-state index contributed by atoms with van der Waals surface area (Å²) in [6.45, 7) is 0.574. The molecule has 5 nitrogen and oxygen atoms in total. The molecule has 0 bridgehead atoms. The number of hydrogen-bond donors (Lipinski definition) is 2. The average molecular weight is 367 g/mol. The number of hydrogen-bond acceptors (Lipinski definition) is 3. The fraction of sp³-hybridized carbons (Fsp3) is 0.286. The van der Waals surface area contributed by atoms with E-state index in [9.17, 15) is 14.0 Å². The maximum Gasteiger partial charge on any atom is 0.274 e. The molecule has 1 aliphatic carbocycles. The van der Waals surface area contributed by atoms with Crippen LogP contribution < -0.4 is 10.6 Å². The largest absolute Gasteiger partial charge is 0.352 e. The van der Waals surface area contributed by atoms with Crippen LogP contribution in [-0.2, 0) is 0 Å². The van der Waals surface area contributed by atoms with Crippen molar-refractivity contribution in [3.8, 4) is 0 Å². The molecule has 1 heterocycles. The van der Waals surface area contributed by atoms with Gasteiger partial charge in [0.25, 0.3) is 11.8 Å². The van der Waals surface area contributed by atoms with E-state index in [1.165, 1.54) is 54.9 Å². The van der Waals surface area contributed by atoms with E-state index in [4.69, 9.17) is 0 Å². The molecule has 2 aromatic rings. The Balaban J connectivity index is 1.57. The molecule has 1 aromatic carbocycles. The predicted molar refractivity (Wildman–Crippen MR) is 102 cm³/mol. The molecule has 0 saturated carbocycles. The molecule has 1 aromatic heterocycles. The minimum Gasteiger partial charge on any atom is -0.352 e. The van der Waals surface area contributed by atoms with E-state index < -0.39 is 5.91 Å². The van der Waals surface area contributed by atoms with Crippen LogP contribution in [0.3, 0.4) is 0 Å². The molecule has 0 atom stereocenters. The lowest BCUT2D eigenvalue weighted by molar-refractivity contribution is 0.0954. The van der Waals surface area contributed by atoms with Gasteiger partial charge in [-0.3, -0.25) is 14.6 Å². The summed E-state index contributed by atoms with van der Waals surface area (Å²) < 4.78 is 12.9. The molecule has 2 amide bonds. The van der Waals surface area contributed by atoms with E-state index >= 15 is 0 Å². The second-order valence-corrected chi connectivity index (χ2v) is 6.50. The third-order valence-electron chi connectivity index (χ3n) is 4.47. The van der Waals surface area contributed by atoms with Crippen molar-refractivity contribution in [3.63, 3.8) is 0 Å². The highest BCUT2D eigenvalue weighted by Gasteiger charge is 2.12. The molecule has 0 unspecified atom stereocenters. The molecule has 0 aliphatic heterocycles. The Bertz CT molecular complexity index is 847. The number of nitrogens with zero attached hydrogens (tertiary/aromatic N) is 1. The number of rotatable bonds is 6. The number of anilines is 1. The van der Waals surface area contributed by atoms with Gasteiger partial charge in [0, 0.05) is 24.0 Å². The molecule has 27 heavy (non-hydrogen) atoms. The van der Waals surface area contributed by atoms with E-state index in [1.807, 2.05) is 0 Å². The molecular formula is C21H22FN3O2. The maximum atomic E-state index is 12.9. The number of amides is 2. The Kier molecular flexibility index (Phi) is 6.30. The van der Waals surface area contributed by atoms with Crippen LogP contribution in [0, 0.1) is 5.82 Å². The molecule has 3 rings (SSSR count). The minimum absolute atomic E-state index is 0.127. The van der Waals surface area contributed by atoms with Gasteiger partial charge in [0.1, 0.15) is 11.5 Å². The Labute approximate surface area is 157 Å². The predicted octanol–water partition coefficient (Wildman–Crippen LogP) is 4.09. The summed E-state index contributed by atoms with van der Waals surface area (Å²) in [5.74, 6) is -1.07. The lowest BCUT2D eigenvalue weighted by Crippen LogP contribution is -2.25. The molecule has 0 radical (unpaired) electrons. The smallest absolute Gasteiger partial charge is 0.274 e. The lowest BCUT2D eigenvalue weighted by atomic mass is 9.97. The first-order chi connectivity index (χ1) is 13.1. The lowest BCUT2D eigenvalue weighted by Gasteiger charge is -2.13. The van der Waals surface area contributed by atoms with Gasteiger partial charge in [-0.2, -0.15) is 0 Å². The summed E-state index contributed by atoms with van der Waals surface area (Å²) in [7, 11) is 0. The van der Waals surface area contributed by atoms with Crippen molar-refractivity contribution >= 4 is 17.5 Å². The van der Waals surface area contributed by atoms with Gasteiger partial charge in [0.15, 0.2) is 0 Å². The van der Waals surface area contributed by atoms with Crippen molar-refractivity contribution in [2.75, 3.05) is 11.9 Å². The first-order valence-corrected chi connectivity index (χ1v) is 9.11. The zero-order chi connectivity index (χ0) is 19.1. The average Bonchev–Trinajstić information content (AvgIpc) is 2.70. The van der Waals surface area contributed by atoms with Gasteiger partial charge in [-0.1, -0.05) is 11.6 Å². The van der Waals surface area contributed by atoms with Gasteiger partial charge in [0.2, 0.25) is 0 Å². The summed E-state index contributed by atoms with van der Waals surface area (Å²) >= 11 is 0. The SMILES string of the molecule is O=C(NCCC1=CCCCC1)c1ccnc(C(=O)Nc2ccc(F)cc2)c1. The fourth-order valence-electron chi connectivity index (χ4n) is 2.99. The highest BCUT2D eigenvalue weighted by Crippen LogP contribution is 2.19. The normalized spacial score (nSPS) is 13.6. The Morgan fingerprint density at radius 3 is 2.63 bits per heavy atom.